The van der Waals surface area contributed by atoms with Gasteiger partial charge in [-0.1, -0.05) is 32.0 Å². The minimum atomic E-state index is 0.100. The number of hydrogen-bond acceptors (Lipinski definition) is 2. The summed E-state index contributed by atoms with van der Waals surface area (Å²) in [5.41, 5.74) is 3.48. The Hall–Kier alpha value is -1.35. The maximum Gasteiger partial charge on any atom is 0.227 e. The molecule has 0 aromatic heterocycles. The van der Waals surface area contributed by atoms with E-state index in [2.05, 4.69) is 37.4 Å². The van der Waals surface area contributed by atoms with E-state index in [1.165, 1.54) is 11.1 Å². The van der Waals surface area contributed by atoms with Crippen LogP contribution in [0.15, 0.2) is 18.2 Å². The summed E-state index contributed by atoms with van der Waals surface area (Å²) < 4.78 is 5.31. The predicted molar refractivity (Wildman–Crippen MR) is 77.4 cm³/mol. The van der Waals surface area contributed by atoms with Gasteiger partial charge in [0.1, 0.15) is 0 Å². The van der Waals surface area contributed by atoms with E-state index in [-0.39, 0.29) is 11.8 Å². The molecule has 0 atom stereocenters. The van der Waals surface area contributed by atoms with Crippen LogP contribution in [0.2, 0.25) is 0 Å². The van der Waals surface area contributed by atoms with E-state index in [1.807, 2.05) is 0 Å². The summed E-state index contributed by atoms with van der Waals surface area (Å²) in [5, 5.41) is 3.16. The summed E-state index contributed by atoms with van der Waals surface area (Å²) in [6.07, 6.45) is 3.55. The topological polar surface area (TPSA) is 38.3 Å². The first kappa shape index (κ1) is 14.1. The summed E-state index contributed by atoms with van der Waals surface area (Å²) in [6, 6.07) is 6.26. The van der Waals surface area contributed by atoms with Gasteiger partial charge in [0.25, 0.3) is 0 Å². The van der Waals surface area contributed by atoms with Gasteiger partial charge < -0.3 is 10.1 Å². The first-order valence-corrected chi connectivity index (χ1v) is 7.25. The van der Waals surface area contributed by atoms with Crippen molar-refractivity contribution in [1.82, 2.24) is 0 Å². The highest BCUT2D eigenvalue weighted by atomic mass is 16.5. The maximum atomic E-state index is 12.3. The molecular formula is C16H23NO2. The first-order chi connectivity index (χ1) is 9.26. The van der Waals surface area contributed by atoms with Gasteiger partial charge in [0.05, 0.1) is 0 Å². The minimum absolute atomic E-state index is 0.100. The molecule has 0 bridgehead atoms. The maximum absolute atomic E-state index is 12.3. The predicted octanol–water partition coefficient (Wildman–Crippen LogP) is 3.18. The lowest BCUT2D eigenvalue weighted by molar-refractivity contribution is -0.122. The number of aryl methyl sites for hydroxylation is 2. The number of nitrogens with one attached hydrogen (secondary N) is 1. The van der Waals surface area contributed by atoms with Gasteiger partial charge in [-0.3, -0.25) is 4.79 Å². The number of hydrogen-bond donors (Lipinski definition) is 1. The van der Waals surface area contributed by atoms with Crippen molar-refractivity contribution in [3.8, 4) is 0 Å². The Morgan fingerprint density at radius 1 is 1.21 bits per heavy atom. The van der Waals surface area contributed by atoms with Crippen molar-refractivity contribution < 1.29 is 9.53 Å². The Balaban J connectivity index is 2.15. The fourth-order valence-electron chi connectivity index (χ4n) is 2.59. The molecule has 0 aliphatic carbocycles. The Labute approximate surface area is 115 Å². The second kappa shape index (κ2) is 6.71. The van der Waals surface area contributed by atoms with Crippen LogP contribution in [0.25, 0.3) is 0 Å². The third-order valence-electron chi connectivity index (χ3n) is 3.84. The first-order valence-electron chi connectivity index (χ1n) is 7.25. The molecule has 1 amide bonds. The molecule has 19 heavy (non-hydrogen) atoms. The van der Waals surface area contributed by atoms with E-state index in [1.54, 1.807) is 0 Å². The third kappa shape index (κ3) is 3.35. The van der Waals surface area contributed by atoms with E-state index in [9.17, 15) is 4.79 Å². The zero-order valence-electron chi connectivity index (χ0n) is 11.9. The van der Waals surface area contributed by atoms with Crippen LogP contribution in [0.4, 0.5) is 5.69 Å². The lowest BCUT2D eigenvalue weighted by Crippen LogP contribution is -2.29. The van der Waals surface area contributed by atoms with Gasteiger partial charge in [-0.05, 0) is 36.8 Å². The molecule has 1 fully saturated rings. The average molecular weight is 261 g/mol. The Bertz CT molecular complexity index is 414. The van der Waals surface area contributed by atoms with Crippen LogP contribution in [-0.2, 0) is 22.4 Å². The summed E-state index contributed by atoms with van der Waals surface area (Å²) in [7, 11) is 0. The van der Waals surface area contributed by atoms with Crippen molar-refractivity contribution in [2.24, 2.45) is 5.92 Å². The van der Waals surface area contributed by atoms with E-state index in [0.717, 1.165) is 31.4 Å². The third-order valence-corrected chi connectivity index (χ3v) is 3.84. The molecular weight excluding hydrogens is 238 g/mol. The molecule has 104 valence electrons. The van der Waals surface area contributed by atoms with Crippen LogP contribution in [0.3, 0.4) is 0 Å². The molecule has 1 aliphatic heterocycles. The lowest BCUT2D eigenvalue weighted by Gasteiger charge is -2.23. The van der Waals surface area contributed by atoms with Gasteiger partial charge in [0.15, 0.2) is 0 Å². The number of benzene rings is 1. The number of carbonyl (C=O) groups is 1. The van der Waals surface area contributed by atoms with Crippen LogP contribution in [-0.4, -0.2) is 19.1 Å². The van der Waals surface area contributed by atoms with Crippen molar-refractivity contribution in [1.29, 1.82) is 0 Å². The van der Waals surface area contributed by atoms with Gasteiger partial charge in [-0.25, -0.2) is 0 Å². The normalized spacial score (nSPS) is 16.3. The molecule has 0 spiro atoms. The van der Waals surface area contributed by atoms with E-state index in [0.29, 0.717) is 13.2 Å². The van der Waals surface area contributed by atoms with Gasteiger partial charge in [0, 0.05) is 24.8 Å². The van der Waals surface area contributed by atoms with Crippen molar-refractivity contribution in [2.45, 2.75) is 39.5 Å². The summed E-state index contributed by atoms with van der Waals surface area (Å²) in [6.45, 7) is 5.65. The molecule has 1 heterocycles. The molecule has 3 nitrogen and oxygen atoms in total. The molecule has 2 rings (SSSR count). The van der Waals surface area contributed by atoms with E-state index < -0.39 is 0 Å². The molecule has 1 aliphatic rings. The molecule has 1 aromatic rings. The van der Waals surface area contributed by atoms with E-state index in [4.69, 9.17) is 4.74 Å². The second-order valence-corrected chi connectivity index (χ2v) is 5.03. The summed E-state index contributed by atoms with van der Waals surface area (Å²) >= 11 is 0. The average Bonchev–Trinajstić information content (AvgIpc) is 2.48. The molecule has 1 saturated heterocycles. The fraction of sp³-hybridized carbons (Fsp3) is 0.562. The van der Waals surface area contributed by atoms with Crippen molar-refractivity contribution in [2.75, 3.05) is 18.5 Å². The monoisotopic (exact) mass is 261 g/mol. The number of carbonyl (C=O) groups excluding carboxylic acids is 1. The molecule has 1 aromatic carbocycles. The highest BCUT2D eigenvalue weighted by Crippen LogP contribution is 2.25. The highest BCUT2D eigenvalue weighted by molar-refractivity contribution is 5.94. The van der Waals surface area contributed by atoms with E-state index >= 15 is 0 Å². The Morgan fingerprint density at radius 2 is 1.79 bits per heavy atom. The fourth-order valence-corrected chi connectivity index (χ4v) is 2.59. The largest absolute Gasteiger partial charge is 0.381 e. The van der Waals surface area contributed by atoms with Gasteiger partial charge in [-0.2, -0.15) is 0 Å². The zero-order chi connectivity index (χ0) is 13.7. The van der Waals surface area contributed by atoms with Gasteiger partial charge in [0.2, 0.25) is 5.91 Å². The molecule has 3 heteroatoms. The number of para-hydroxylation sites is 1. The van der Waals surface area contributed by atoms with Gasteiger partial charge in [-0.15, -0.1) is 0 Å². The van der Waals surface area contributed by atoms with Crippen LogP contribution in [0.1, 0.15) is 37.8 Å². The standard InChI is InChI=1S/C16H23NO2/c1-3-12-6-5-7-13(4-2)15(12)17-16(18)14-8-10-19-11-9-14/h5-7,14H,3-4,8-11H2,1-2H3,(H,17,18). The van der Waals surface area contributed by atoms with Crippen molar-refractivity contribution >= 4 is 11.6 Å². The Morgan fingerprint density at radius 3 is 2.32 bits per heavy atom. The number of anilines is 1. The Kier molecular flexibility index (Phi) is 4.97. The zero-order valence-corrected chi connectivity index (χ0v) is 11.9. The van der Waals surface area contributed by atoms with Crippen LogP contribution < -0.4 is 5.32 Å². The molecule has 0 saturated carbocycles. The molecule has 1 N–H and O–H groups in total. The summed E-state index contributed by atoms with van der Waals surface area (Å²) in [4.78, 5) is 12.3. The minimum Gasteiger partial charge on any atom is -0.381 e. The highest BCUT2D eigenvalue weighted by Gasteiger charge is 2.22. The quantitative estimate of drug-likeness (QED) is 0.904. The number of ether oxygens (including phenoxy) is 1. The van der Waals surface area contributed by atoms with Crippen molar-refractivity contribution in [3.05, 3.63) is 29.3 Å². The SMILES string of the molecule is CCc1cccc(CC)c1NC(=O)C1CCOCC1. The van der Waals surface area contributed by atoms with Crippen molar-refractivity contribution in [3.63, 3.8) is 0 Å². The molecule has 0 unspecified atom stereocenters. The second-order valence-electron chi connectivity index (χ2n) is 5.03. The van der Waals surface area contributed by atoms with Crippen LogP contribution in [0, 0.1) is 5.92 Å². The number of rotatable bonds is 4. The van der Waals surface area contributed by atoms with Crippen LogP contribution in [0.5, 0.6) is 0 Å². The smallest absolute Gasteiger partial charge is 0.227 e. The van der Waals surface area contributed by atoms with Crippen LogP contribution >= 0.6 is 0 Å². The number of amides is 1. The summed E-state index contributed by atoms with van der Waals surface area (Å²) in [5.74, 6) is 0.252. The van der Waals surface area contributed by atoms with Gasteiger partial charge >= 0.3 is 0 Å². The lowest BCUT2D eigenvalue weighted by atomic mass is 9.97. The molecule has 0 radical (unpaired) electrons.